The number of hydrogen-bond donors (Lipinski definition) is 2. The summed E-state index contributed by atoms with van der Waals surface area (Å²) in [6.45, 7) is 2.18. The Bertz CT molecular complexity index is 1210. The third-order valence-corrected chi connectivity index (χ3v) is 5.77. The highest BCUT2D eigenvalue weighted by atomic mass is 19.1. The molecule has 0 spiro atoms. The van der Waals surface area contributed by atoms with Crippen LogP contribution in [0.5, 0.6) is 0 Å². The van der Waals surface area contributed by atoms with E-state index >= 15 is 0 Å². The van der Waals surface area contributed by atoms with E-state index in [0.717, 1.165) is 0 Å². The van der Waals surface area contributed by atoms with E-state index < -0.39 is 11.5 Å². The fraction of sp³-hybridized carbons (Fsp3) is 0.318. The van der Waals surface area contributed by atoms with E-state index in [4.69, 9.17) is 5.73 Å². The molecule has 0 bridgehead atoms. The van der Waals surface area contributed by atoms with Crippen molar-refractivity contribution in [3.63, 3.8) is 0 Å². The van der Waals surface area contributed by atoms with Crippen LogP contribution < -0.4 is 17.0 Å². The van der Waals surface area contributed by atoms with Crippen LogP contribution in [0.1, 0.15) is 23.2 Å². The van der Waals surface area contributed by atoms with Crippen molar-refractivity contribution in [2.75, 3.05) is 25.4 Å². The molecule has 1 aliphatic heterocycles. The summed E-state index contributed by atoms with van der Waals surface area (Å²) >= 11 is 0. The van der Waals surface area contributed by atoms with E-state index in [2.05, 4.69) is 9.88 Å². The van der Waals surface area contributed by atoms with Gasteiger partial charge in [-0.1, -0.05) is 12.1 Å². The summed E-state index contributed by atoms with van der Waals surface area (Å²) in [6.07, 6.45) is 1.30. The Balaban J connectivity index is 1.39. The third kappa shape index (κ3) is 3.91. The molecule has 0 unspecified atom stereocenters. The molecule has 1 saturated heterocycles. The van der Waals surface area contributed by atoms with Gasteiger partial charge in [-0.25, -0.2) is 9.18 Å². The summed E-state index contributed by atoms with van der Waals surface area (Å²) in [5, 5.41) is 0.485. The molecule has 0 aliphatic carbocycles. The van der Waals surface area contributed by atoms with Gasteiger partial charge in [0.25, 0.3) is 5.56 Å². The summed E-state index contributed by atoms with van der Waals surface area (Å²) in [4.78, 5) is 42.5. The van der Waals surface area contributed by atoms with Gasteiger partial charge in [-0.05, 0) is 56.3 Å². The number of rotatable bonds is 5. The van der Waals surface area contributed by atoms with Gasteiger partial charge in [-0.15, -0.1) is 0 Å². The lowest BCUT2D eigenvalue weighted by atomic mass is 9.88. The molecule has 2 aromatic carbocycles. The molecule has 1 fully saturated rings. The number of carbonyl (C=O) groups is 1. The lowest BCUT2D eigenvalue weighted by Gasteiger charge is -2.31. The smallest absolute Gasteiger partial charge is 0.328 e. The number of piperidine rings is 1. The summed E-state index contributed by atoms with van der Waals surface area (Å²) in [6, 6.07) is 10.8. The SMILES string of the molecule is Nc1cc(F)ccc1C(=O)C1CCN(CCn2c(=O)[nH]c3ccccc3c2=O)CC1. The quantitative estimate of drug-likeness (QED) is 0.495. The molecule has 1 aliphatic rings. The standard InChI is InChI=1S/C22H23FN4O3/c23-15-5-6-16(18(24)13-15)20(28)14-7-9-26(10-8-14)11-12-27-21(29)17-3-1-2-4-19(17)25-22(27)30/h1-6,13-14H,7-12,24H2,(H,25,30). The first kappa shape index (κ1) is 20.0. The molecule has 2 heterocycles. The zero-order valence-corrected chi connectivity index (χ0v) is 16.4. The zero-order valence-electron chi connectivity index (χ0n) is 16.4. The number of aromatic nitrogens is 2. The Labute approximate surface area is 171 Å². The number of H-pyrrole nitrogens is 1. The van der Waals surface area contributed by atoms with Crippen molar-refractivity contribution in [2.24, 2.45) is 5.92 Å². The van der Waals surface area contributed by atoms with E-state index in [1.165, 1.54) is 22.8 Å². The summed E-state index contributed by atoms with van der Waals surface area (Å²) in [7, 11) is 0. The third-order valence-electron chi connectivity index (χ3n) is 5.77. The predicted molar refractivity (Wildman–Crippen MR) is 113 cm³/mol. The minimum atomic E-state index is -0.460. The average molecular weight is 410 g/mol. The number of benzene rings is 2. The molecule has 7 nitrogen and oxygen atoms in total. The fourth-order valence-electron chi connectivity index (χ4n) is 4.04. The van der Waals surface area contributed by atoms with Crippen LogP contribution in [0.15, 0.2) is 52.1 Å². The second-order valence-corrected chi connectivity index (χ2v) is 7.64. The van der Waals surface area contributed by atoms with Gasteiger partial charge >= 0.3 is 5.69 Å². The maximum Gasteiger partial charge on any atom is 0.328 e. The number of nitrogens with zero attached hydrogens (tertiary/aromatic N) is 2. The van der Waals surface area contributed by atoms with Crippen LogP contribution in [0.3, 0.4) is 0 Å². The molecule has 156 valence electrons. The van der Waals surface area contributed by atoms with Crippen molar-refractivity contribution in [3.05, 3.63) is 74.7 Å². The van der Waals surface area contributed by atoms with Crippen molar-refractivity contribution < 1.29 is 9.18 Å². The number of likely N-dealkylation sites (tertiary alicyclic amines) is 1. The monoisotopic (exact) mass is 410 g/mol. The normalized spacial score (nSPS) is 15.5. The Hall–Kier alpha value is -3.26. The first-order valence-corrected chi connectivity index (χ1v) is 9.97. The number of nitrogens with one attached hydrogen (secondary N) is 1. The van der Waals surface area contributed by atoms with Gasteiger partial charge in [0.1, 0.15) is 5.82 Å². The van der Waals surface area contributed by atoms with Crippen molar-refractivity contribution in [1.82, 2.24) is 14.5 Å². The van der Waals surface area contributed by atoms with Gasteiger partial charge in [-0.3, -0.25) is 14.2 Å². The molecule has 0 atom stereocenters. The van der Waals surface area contributed by atoms with Crippen LogP contribution in [-0.2, 0) is 6.54 Å². The second-order valence-electron chi connectivity index (χ2n) is 7.64. The molecule has 8 heteroatoms. The van der Waals surface area contributed by atoms with Crippen molar-refractivity contribution in [3.8, 4) is 0 Å². The van der Waals surface area contributed by atoms with E-state index in [1.807, 2.05) is 0 Å². The first-order valence-electron chi connectivity index (χ1n) is 9.97. The van der Waals surface area contributed by atoms with E-state index in [9.17, 15) is 18.8 Å². The summed E-state index contributed by atoms with van der Waals surface area (Å²) in [5.74, 6) is -0.687. The van der Waals surface area contributed by atoms with Crippen LogP contribution in [0.2, 0.25) is 0 Å². The van der Waals surface area contributed by atoms with Crippen molar-refractivity contribution in [2.45, 2.75) is 19.4 Å². The highest BCUT2D eigenvalue weighted by Gasteiger charge is 2.27. The number of carbonyl (C=O) groups excluding carboxylic acids is 1. The van der Waals surface area contributed by atoms with E-state index in [-0.39, 0.29) is 29.5 Å². The molecule has 3 aromatic rings. The highest BCUT2D eigenvalue weighted by molar-refractivity contribution is 6.02. The molecule has 0 radical (unpaired) electrons. The number of nitrogen functional groups attached to an aromatic ring is 1. The minimum Gasteiger partial charge on any atom is -0.398 e. The van der Waals surface area contributed by atoms with Gasteiger partial charge < -0.3 is 15.6 Å². The maximum absolute atomic E-state index is 13.2. The molecule has 0 saturated carbocycles. The fourth-order valence-corrected chi connectivity index (χ4v) is 4.04. The molecule has 0 amide bonds. The lowest BCUT2D eigenvalue weighted by molar-refractivity contribution is 0.0838. The number of Topliss-reactive ketones (excluding diaryl/α,β-unsaturated/α-hetero) is 1. The van der Waals surface area contributed by atoms with Gasteiger partial charge in [0.2, 0.25) is 0 Å². The van der Waals surface area contributed by atoms with Crippen LogP contribution in [-0.4, -0.2) is 39.9 Å². The second kappa shape index (κ2) is 8.23. The Morgan fingerprint density at radius 2 is 1.83 bits per heavy atom. The number of nitrogens with two attached hydrogens (primary N) is 1. The van der Waals surface area contributed by atoms with Crippen molar-refractivity contribution in [1.29, 1.82) is 0 Å². The van der Waals surface area contributed by atoms with Crippen LogP contribution in [0, 0.1) is 11.7 Å². The molecular weight excluding hydrogens is 387 g/mol. The number of halogens is 1. The van der Waals surface area contributed by atoms with Gasteiger partial charge in [0.05, 0.1) is 10.9 Å². The number of ketones is 1. The van der Waals surface area contributed by atoms with Gasteiger partial charge in [-0.2, -0.15) is 0 Å². The van der Waals surface area contributed by atoms with Gasteiger partial charge in [0, 0.05) is 30.3 Å². The predicted octanol–water partition coefficient (Wildman–Crippen LogP) is 2.01. The largest absolute Gasteiger partial charge is 0.398 e. The molecule has 30 heavy (non-hydrogen) atoms. The van der Waals surface area contributed by atoms with Crippen LogP contribution in [0.4, 0.5) is 10.1 Å². The van der Waals surface area contributed by atoms with Crippen molar-refractivity contribution >= 4 is 22.4 Å². The Kier molecular flexibility index (Phi) is 5.50. The van der Waals surface area contributed by atoms with Crippen LogP contribution >= 0.6 is 0 Å². The minimum absolute atomic E-state index is 0.0608. The number of aromatic amines is 1. The zero-order chi connectivity index (χ0) is 21.3. The Morgan fingerprint density at radius 1 is 1.10 bits per heavy atom. The topological polar surface area (TPSA) is 101 Å². The molecule has 4 rings (SSSR count). The molecule has 3 N–H and O–H groups in total. The molecule has 1 aromatic heterocycles. The number of anilines is 1. The number of fused-ring (bicyclic) bond motifs is 1. The summed E-state index contributed by atoms with van der Waals surface area (Å²) < 4.78 is 14.4. The maximum atomic E-state index is 13.2. The number of hydrogen-bond acceptors (Lipinski definition) is 5. The van der Waals surface area contributed by atoms with Gasteiger partial charge in [0.15, 0.2) is 5.78 Å². The highest BCUT2D eigenvalue weighted by Crippen LogP contribution is 2.25. The van der Waals surface area contributed by atoms with E-state index in [0.29, 0.717) is 48.9 Å². The Morgan fingerprint density at radius 3 is 2.57 bits per heavy atom. The molecular formula is C22H23FN4O3. The van der Waals surface area contributed by atoms with E-state index in [1.54, 1.807) is 24.3 Å². The lowest BCUT2D eigenvalue weighted by Crippen LogP contribution is -2.42. The van der Waals surface area contributed by atoms with Crippen LogP contribution in [0.25, 0.3) is 10.9 Å². The average Bonchev–Trinajstić information content (AvgIpc) is 2.73. The summed E-state index contributed by atoms with van der Waals surface area (Å²) in [5.41, 5.74) is 6.14. The first-order chi connectivity index (χ1) is 14.4. The number of para-hydroxylation sites is 1.